The van der Waals surface area contributed by atoms with Gasteiger partial charge in [0.05, 0.1) is 36.4 Å². The third-order valence-electron chi connectivity index (χ3n) is 6.19. The highest BCUT2D eigenvalue weighted by Crippen LogP contribution is 2.42. The first-order valence-electron chi connectivity index (χ1n) is 11.2. The Balaban J connectivity index is 1.36. The summed E-state index contributed by atoms with van der Waals surface area (Å²) in [4.78, 5) is 25.7. The van der Waals surface area contributed by atoms with Crippen LogP contribution in [0.15, 0.2) is 36.8 Å². The Labute approximate surface area is 202 Å². The van der Waals surface area contributed by atoms with Crippen molar-refractivity contribution in [3.8, 4) is 17.0 Å². The maximum Gasteiger partial charge on any atom is 0.253 e. The number of hydrogen-bond acceptors (Lipinski definition) is 7. The van der Waals surface area contributed by atoms with Gasteiger partial charge < -0.3 is 24.3 Å². The maximum atomic E-state index is 14.9. The van der Waals surface area contributed by atoms with Crippen molar-refractivity contribution in [2.75, 3.05) is 36.6 Å². The van der Waals surface area contributed by atoms with E-state index >= 15 is 0 Å². The first-order valence-corrected chi connectivity index (χ1v) is 11.2. The van der Waals surface area contributed by atoms with Crippen LogP contribution in [0, 0.1) is 17.5 Å². The summed E-state index contributed by atoms with van der Waals surface area (Å²) in [6.45, 7) is 2.80. The molecule has 6 rings (SSSR count). The predicted octanol–water partition coefficient (Wildman–Crippen LogP) is 3.97. The van der Waals surface area contributed by atoms with Gasteiger partial charge in [0.15, 0.2) is 17.4 Å². The topological polar surface area (TPSA) is 94.4 Å². The highest BCUT2D eigenvalue weighted by Gasteiger charge is 2.28. The summed E-state index contributed by atoms with van der Waals surface area (Å²) in [7, 11) is 0. The monoisotopic (exact) mass is 496 g/mol. The molecule has 12 heteroatoms. The molecule has 2 aliphatic rings. The van der Waals surface area contributed by atoms with Crippen molar-refractivity contribution in [1.29, 1.82) is 0 Å². The van der Waals surface area contributed by atoms with E-state index in [1.54, 1.807) is 10.6 Å². The van der Waals surface area contributed by atoms with Gasteiger partial charge in [-0.05, 0) is 31.2 Å². The van der Waals surface area contributed by atoms with Crippen LogP contribution in [0.4, 0.5) is 30.5 Å². The van der Waals surface area contributed by atoms with E-state index in [2.05, 4.69) is 20.3 Å². The lowest BCUT2D eigenvalue weighted by Crippen LogP contribution is -2.41. The molecule has 1 fully saturated rings. The smallest absolute Gasteiger partial charge is 0.253 e. The van der Waals surface area contributed by atoms with E-state index in [4.69, 9.17) is 9.47 Å². The zero-order chi connectivity index (χ0) is 25.0. The minimum atomic E-state index is -0.800. The summed E-state index contributed by atoms with van der Waals surface area (Å²) in [5, 5.41) is 2.72. The van der Waals surface area contributed by atoms with Crippen LogP contribution < -0.4 is 15.0 Å². The fraction of sp³-hybridized carbons (Fsp3) is 0.250. The Morgan fingerprint density at radius 3 is 2.78 bits per heavy atom. The Morgan fingerprint density at radius 1 is 1.11 bits per heavy atom. The average Bonchev–Trinajstić information content (AvgIpc) is 3.33. The molecule has 0 saturated carbocycles. The predicted molar refractivity (Wildman–Crippen MR) is 124 cm³/mol. The number of rotatable bonds is 4. The maximum absolute atomic E-state index is 14.9. The van der Waals surface area contributed by atoms with Crippen molar-refractivity contribution in [2.24, 2.45) is 0 Å². The second kappa shape index (κ2) is 8.48. The summed E-state index contributed by atoms with van der Waals surface area (Å²) in [5.41, 5.74) is 0.824. The molecular formula is C24H19F3N6O3. The number of aromatic nitrogens is 4. The van der Waals surface area contributed by atoms with Crippen molar-refractivity contribution in [3.63, 3.8) is 0 Å². The minimum Gasteiger partial charge on any atom is -0.488 e. The second-order valence-corrected chi connectivity index (χ2v) is 8.52. The fourth-order valence-corrected chi connectivity index (χ4v) is 4.39. The first-order chi connectivity index (χ1) is 17.4. The van der Waals surface area contributed by atoms with E-state index in [1.807, 2.05) is 6.92 Å². The standard InChI is InChI=1S/C24H19F3N6O3/c1-12-9-36-23-14(7-16(26)21-22(23)33(12)11-29-21)20-17(27)8-28-24(31-20)30-18-3-2-13(6-15(18)25)32-4-5-35-10-19(32)34/h2-3,6-8,11-12H,4-5,9-10H2,1H3,(H,28,30,31)/t12-/m0/s1. The summed E-state index contributed by atoms with van der Waals surface area (Å²) < 4.78 is 57.3. The number of carbonyl (C=O) groups is 1. The molecule has 4 aromatic rings. The van der Waals surface area contributed by atoms with Gasteiger partial charge in [0, 0.05) is 12.2 Å². The van der Waals surface area contributed by atoms with Gasteiger partial charge in [-0.25, -0.2) is 28.1 Å². The fourth-order valence-electron chi connectivity index (χ4n) is 4.39. The quantitative estimate of drug-likeness (QED) is 0.457. The summed E-state index contributed by atoms with van der Waals surface area (Å²) >= 11 is 0. The Morgan fingerprint density at radius 2 is 1.97 bits per heavy atom. The third kappa shape index (κ3) is 3.61. The number of anilines is 3. The van der Waals surface area contributed by atoms with Crippen molar-refractivity contribution < 1.29 is 27.4 Å². The molecule has 2 aromatic carbocycles. The van der Waals surface area contributed by atoms with E-state index < -0.39 is 17.5 Å². The number of amides is 1. The molecule has 0 aliphatic carbocycles. The summed E-state index contributed by atoms with van der Waals surface area (Å²) in [6.07, 6.45) is 2.44. The molecule has 9 nitrogen and oxygen atoms in total. The Kier molecular flexibility index (Phi) is 5.25. The molecule has 1 atom stereocenters. The molecule has 36 heavy (non-hydrogen) atoms. The molecule has 4 heterocycles. The lowest BCUT2D eigenvalue weighted by molar-refractivity contribution is -0.125. The number of nitrogens with one attached hydrogen (secondary N) is 1. The number of carbonyl (C=O) groups excluding carboxylic acids is 1. The van der Waals surface area contributed by atoms with Gasteiger partial charge in [-0.1, -0.05) is 0 Å². The minimum absolute atomic E-state index is 0.0168. The van der Waals surface area contributed by atoms with Crippen molar-refractivity contribution in [2.45, 2.75) is 13.0 Å². The molecule has 0 radical (unpaired) electrons. The van der Waals surface area contributed by atoms with Crippen LogP contribution in [-0.2, 0) is 9.53 Å². The second-order valence-electron chi connectivity index (χ2n) is 8.52. The Hall–Kier alpha value is -4.19. The molecule has 2 aromatic heterocycles. The highest BCUT2D eigenvalue weighted by atomic mass is 19.1. The lowest BCUT2D eigenvalue weighted by Gasteiger charge is -2.27. The van der Waals surface area contributed by atoms with Crippen LogP contribution in [0.3, 0.4) is 0 Å². The zero-order valence-corrected chi connectivity index (χ0v) is 19.0. The summed E-state index contributed by atoms with van der Waals surface area (Å²) in [5.74, 6) is -2.22. The van der Waals surface area contributed by atoms with Crippen molar-refractivity contribution in [1.82, 2.24) is 19.5 Å². The van der Waals surface area contributed by atoms with Crippen LogP contribution in [0.25, 0.3) is 22.3 Å². The summed E-state index contributed by atoms with van der Waals surface area (Å²) in [6, 6.07) is 5.25. The molecule has 1 N–H and O–H groups in total. The number of imidazole rings is 1. The number of halogens is 3. The van der Waals surface area contributed by atoms with Gasteiger partial charge in [-0.2, -0.15) is 0 Å². The van der Waals surface area contributed by atoms with Gasteiger partial charge in [-0.3, -0.25) is 4.79 Å². The molecule has 0 unspecified atom stereocenters. The number of ether oxygens (including phenoxy) is 2. The lowest BCUT2D eigenvalue weighted by atomic mass is 10.1. The van der Waals surface area contributed by atoms with Crippen LogP contribution in [0.1, 0.15) is 13.0 Å². The van der Waals surface area contributed by atoms with Crippen molar-refractivity contribution >= 4 is 34.3 Å². The van der Waals surface area contributed by atoms with E-state index in [0.29, 0.717) is 24.4 Å². The SMILES string of the molecule is C[C@H]1COc2c(-c3nc(Nc4ccc(N5CCOCC5=O)cc4F)ncc3F)cc(F)c3ncn1c23. The van der Waals surface area contributed by atoms with Gasteiger partial charge in [-0.15, -0.1) is 0 Å². The van der Waals surface area contributed by atoms with Gasteiger partial charge in [0.1, 0.15) is 35.8 Å². The third-order valence-corrected chi connectivity index (χ3v) is 6.19. The van der Waals surface area contributed by atoms with Crippen molar-refractivity contribution in [3.05, 3.63) is 54.2 Å². The van der Waals surface area contributed by atoms with Crippen LogP contribution in [-0.4, -0.2) is 51.8 Å². The van der Waals surface area contributed by atoms with E-state index in [0.717, 1.165) is 12.3 Å². The number of hydrogen-bond donors (Lipinski definition) is 1. The van der Waals surface area contributed by atoms with E-state index in [9.17, 15) is 18.0 Å². The number of nitrogens with zero attached hydrogens (tertiary/aromatic N) is 5. The van der Waals surface area contributed by atoms with Gasteiger partial charge in [0.2, 0.25) is 5.95 Å². The largest absolute Gasteiger partial charge is 0.488 e. The van der Waals surface area contributed by atoms with E-state index in [1.165, 1.54) is 23.4 Å². The molecule has 1 saturated heterocycles. The first kappa shape index (κ1) is 22.3. The zero-order valence-electron chi connectivity index (χ0n) is 19.0. The van der Waals surface area contributed by atoms with Gasteiger partial charge in [0.25, 0.3) is 5.91 Å². The number of morpholine rings is 1. The molecule has 0 bridgehead atoms. The highest BCUT2D eigenvalue weighted by molar-refractivity contribution is 5.95. The molecule has 2 aliphatic heterocycles. The average molecular weight is 496 g/mol. The van der Waals surface area contributed by atoms with Crippen LogP contribution >= 0.6 is 0 Å². The normalized spacial score (nSPS) is 17.4. The van der Waals surface area contributed by atoms with E-state index in [-0.39, 0.29) is 59.3 Å². The van der Waals surface area contributed by atoms with Gasteiger partial charge >= 0.3 is 0 Å². The number of benzene rings is 2. The molecular weight excluding hydrogens is 477 g/mol. The molecule has 0 spiro atoms. The molecule has 184 valence electrons. The van der Waals surface area contributed by atoms with Crippen LogP contribution in [0.2, 0.25) is 0 Å². The Bertz CT molecular complexity index is 1530. The molecule has 1 amide bonds. The van der Waals surface area contributed by atoms with Crippen LogP contribution in [0.5, 0.6) is 5.75 Å².